The summed E-state index contributed by atoms with van der Waals surface area (Å²) >= 11 is 4.29. The van der Waals surface area contributed by atoms with E-state index in [-0.39, 0.29) is 28.8 Å². The topological polar surface area (TPSA) is 130 Å². The lowest BCUT2D eigenvalue weighted by atomic mass is 10.1. The first kappa shape index (κ1) is 24.3. The summed E-state index contributed by atoms with van der Waals surface area (Å²) in [6.45, 7) is 4.63. The van der Waals surface area contributed by atoms with Gasteiger partial charge in [-0.3, -0.25) is 4.57 Å². The van der Waals surface area contributed by atoms with Crippen LogP contribution >= 0.6 is 11.6 Å². The smallest absolute Gasteiger partial charge is 0.271 e. The fourth-order valence-electron chi connectivity index (χ4n) is 3.56. The number of rotatable bonds is 8. The Kier molecular flexibility index (Phi) is 7.57. The predicted molar refractivity (Wildman–Crippen MR) is 129 cm³/mol. The number of phenolic OH excluding ortho intramolecular Hbond substituents is 1. The molecule has 0 saturated heterocycles. The molecule has 0 saturated carbocycles. The predicted octanol–water partition coefficient (Wildman–Crippen LogP) is 3.36. The van der Waals surface area contributed by atoms with Gasteiger partial charge in [0.2, 0.25) is 0 Å². The van der Waals surface area contributed by atoms with Crippen molar-refractivity contribution in [2.45, 2.75) is 30.9 Å². The maximum atomic E-state index is 13.3. The summed E-state index contributed by atoms with van der Waals surface area (Å²) in [6, 6.07) is 4.93. The number of anilines is 1. The second-order valence-corrected chi connectivity index (χ2v) is 9.75. The van der Waals surface area contributed by atoms with E-state index in [1.165, 1.54) is 25.6 Å². The Bertz CT molecular complexity index is 1160. The van der Waals surface area contributed by atoms with E-state index < -0.39 is 11.4 Å². The van der Waals surface area contributed by atoms with Crippen LogP contribution in [-0.2, 0) is 16.1 Å². The van der Waals surface area contributed by atoms with Crippen LogP contribution in [0.4, 0.5) is 5.95 Å². The Hall–Kier alpha value is -2.86. The molecule has 4 unspecified atom stereocenters. The van der Waals surface area contributed by atoms with Crippen molar-refractivity contribution in [2.75, 3.05) is 25.0 Å². The molecule has 12 heteroatoms. The Morgan fingerprint density at radius 1 is 1.29 bits per heavy atom. The number of benzene rings is 1. The maximum absolute atomic E-state index is 13.3. The van der Waals surface area contributed by atoms with Crippen LogP contribution in [0, 0.1) is 0 Å². The minimum Gasteiger partial charge on any atom is -0.593 e. The van der Waals surface area contributed by atoms with E-state index in [9.17, 15) is 9.66 Å². The third-order valence-corrected chi connectivity index (χ3v) is 7.26. The second kappa shape index (κ2) is 10.6. The molecule has 3 heterocycles. The average Bonchev–Trinajstić information content (AvgIpc) is 3.26. The zero-order chi connectivity index (χ0) is 24.2. The largest absolute Gasteiger partial charge is 0.593 e. The molecule has 0 radical (unpaired) electrons. The van der Waals surface area contributed by atoms with Crippen LogP contribution in [0.5, 0.6) is 11.5 Å². The molecular weight excluding hydrogens is 480 g/mol. The number of hydrogen-bond acceptors (Lipinski definition) is 9. The Labute approximate surface area is 205 Å². The van der Waals surface area contributed by atoms with E-state index in [1.54, 1.807) is 16.7 Å². The molecule has 0 aliphatic carbocycles. The van der Waals surface area contributed by atoms with Gasteiger partial charge < -0.3 is 19.1 Å². The summed E-state index contributed by atoms with van der Waals surface area (Å²) in [5, 5.41) is 19.3. The zero-order valence-electron chi connectivity index (χ0n) is 18.9. The third-order valence-electron chi connectivity index (χ3n) is 5.60. The van der Waals surface area contributed by atoms with Crippen molar-refractivity contribution in [3.63, 3.8) is 0 Å². The van der Waals surface area contributed by atoms with Crippen molar-refractivity contribution in [3.05, 3.63) is 59.4 Å². The van der Waals surface area contributed by atoms with Crippen molar-refractivity contribution in [1.29, 1.82) is 0 Å². The highest BCUT2D eigenvalue weighted by Crippen LogP contribution is 2.37. The molecule has 0 bridgehead atoms. The second-order valence-electron chi connectivity index (χ2n) is 7.77. The molecule has 10 nitrogen and oxygen atoms in total. The van der Waals surface area contributed by atoms with Crippen LogP contribution in [0.3, 0.4) is 0 Å². The van der Waals surface area contributed by atoms with Gasteiger partial charge in [-0.05, 0) is 19.1 Å². The molecule has 180 valence electrons. The van der Waals surface area contributed by atoms with Crippen LogP contribution in [0.15, 0.2) is 42.7 Å². The summed E-state index contributed by atoms with van der Waals surface area (Å²) < 4.78 is 28.9. The minimum absolute atomic E-state index is 0.0362. The lowest BCUT2D eigenvalue weighted by Gasteiger charge is -2.23. The number of halogens is 1. The molecule has 2 aromatic heterocycles. The zero-order valence-corrected chi connectivity index (χ0v) is 20.5. The number of methoxy groups -OCH3 is 1. The molecule has 0 spiro atoms. The first-order valence-corrected chi connectivity index (χ1v) is 12.2. The fraction of sp³-hybridized carbons (Fsp3) is 0.364. The van der Waals surface area contributed by atoms with Gasteiger partial charge in [0.25, 0.3) is 5.95 Å². The van der Waals surface area contributed by atoms with Gasteiger partial charge in [-0.2, -0.15) is 4.72 Å². The summed E-state index contributed by atoms with van der Waals surface area (Å²) in [4.78, 5) is 8.49. The van der Waals surface area contributed by atoms with Crippen molar-refractivity contribution in [2.24, 2.45) is 0 Å². The first-order chi connectivity index (χ1) is 16.4. The minimum atomic E-state index is -1.60. The van der Waals surface area contributed by atoms with E-state index in [2.05, 4.69) is 24.9 Å². The number of para-hydroxylation sites is 1. The lowest BCUT2D eigenvalue weighted by Crippen LogP contribution is -2.31. The Morgan fingerprint density at radius 3 is 2.74 bits per heavy atom. The van der Waals surface area contributed by atoms with Crippen LogP contribution < -0.4 is 9.46 Å². The summed E-state index contributed by atoms with van der Waals surface area (Å²) in [5.41, 5.74) is 0.338. The van der Waals surface area contributed by atoms with E-state index in [4.69, 9.17) is 21.1 Å². The SMILES string of the molecule is COc1cccc(O)c1-n1c(N[S+]([O-])C(C)C(C)c2ncc(Cl)cn2)nnc1C1C=CCOC1. The number of nitrogens with one attached hydrogen (secondary N) is 1. The monoisotopic (exact) mass is 504 g/mol. The number of aromatic hydroxyl groups is 1. The van der Waals surface area contributed by atoms with Gasteiger partial charge in [-0.25, -0.2) is 9.97 Å². The van der Waals surface area contributed by atoms with Gasteiger partial charge in [0.05, 0.1) is 48.5 Å². The highest BCUT2D eigenvalue weighted by Gasteiger charge is 2.32. The van der Waals surface area contributed by atoms with Gasteiger partial charge in [-0.15, -0.1) is 10.2 Å². The molecule has 34 heavy (non-hydrogen) atoms. The Balaban J connectivity index is 1.69. The standard InChI is InChI=1S/C22H25ClN6O4S/c1-13(20-24-10-16(23)11-25-20)14(2)34(31)28-22-27-26-21(15-6-5-9-33-12-15)29(22)19-17(30)7-4-8-18(19)32-3/h4-8,10-11,13-15,30H,9,12H2,1-3H3,(H,27,28). The van der Waals surface area contributed by atoms with E-state index >= 15 is 0 Å². The van der Waals surface area contributed by atoms with Crippen LogP contribution in [0.2, 0.25) is 5.02 Å². The van der Waals surface area contributed by atoms with Crippen LogP contribution in [0.1, 0.15) is 37.3 Å². The number of nitrogens with zero attached hydrogens (tertiary/aromatic N) is 5. The highest BCUT2D eigenvalue weighted by atomic mass is 35.5. The van der Waals surface area contributed by atoms with E-state index in [0.717, 1.165) is 0 Å². The third kappa shape index (κ3) is 4.97. The van der Waals surface area contributed by atoms with Gasteiger partial charge >= 0.3 is 0 Å². The summed E-state index contributed by atoms with van der Waals surface area (Å²) in [6.07, 6.45) is 6.89. The van der Waals surface area contributed by atoms with Gasteiger partial charge in [0, 0.05) is 12.4 Å². The number of ether oxygens (including phenoxy) is 2. The quantitative estimate of drug-likeness (QED) is 0.350. The van der Waals surface area contributed by atoms with E-state index in [0.29, 0.717) is 41.3 Å². The van der Waals surface area contributed by atoms with Gasteiger partial charge in [0.15, 0.2) is 0 Å². The van der Waals surface area contributed by atoms with Crippen molar-refractivity contribution in [3.8, 4) is 17.2 Å². The molecular formula is C22H25ClN6O4S. The molecule has 0 fully saturated rings. The molecule has 4 rings (SSSR count). The molecule has 1 aromatic carbocycles. The van der Waals surface area contributed by atoms with E-state index in [1.807, 2.05) is 26.0 Å². The average molecular weight is 505 g/mol. The summed E-state index contributed by atoms with van der Waals surface area (Å²) in [7, 11) is 1.51. The maximum Gasteiger partial charge on any atom is 0.271 e. The van der Waals surface area contributed by atoms with Crippen molar-refractivity contribution in [1.82, 2.24) is 24.7 Å². The highest BCUT2D eigenvalue weighted by molar-refractivity contribution is 7.93. The summed E-state index contributed by atoms with van der Waals surface area (Å²) in [5.74, 6) is 1.16. The van der Waals surface area contributed by atoms with Crippen LogP contribution in [0.25, 0.3) is 5.69 Å². The first-order valence-electron chi connectivity index (χ1n) is 10.6. The Morgan fingerprint density at radius 2 is 2.06 bits per heavy atom. The van der Waals surface area contributed by atoms with Crippen LogP contribution in [-0.4, -0.2) is 60.0 Å². The number of aromatic nitrogens is 5. The molecule has 0 amide bonds. The normalized spacial score (nSPS) is 18.3. The lowest BCUT2D eigenvalue weighted by molar-refractivity contribution is 0.143. The van der Waals surface area contributed by atoms with Gasteiger partial charge in [0.1, 0.15) is 34.1 Å². The molecule has 4 atom stereocenters. The van der Waals surface area contributed by atoms with Crippen molar-refractivity contribution >= 4 is 28.9 Å². The van der Waals surface area contributed by atoms with Crippen molar-refractivity contribution < 1.29 is 19.1 Å². The molecule has 1 aliphatic heterocycles. The molecule has 2 N–H and O–H groups in total. The fourth-order valence-corrected chi connectivity index (χ4v) is 4.65. The van der Waals surface area contributed by atoms with Gasteiger partial charge in [-0.1, -0.05) is 36.7 Å². The molecule has 1 aliphatic rings. The number of hydrogen-bond donors (Lipinski definition) is 2. The molecule has 3 aromatic rings. The number of phenols is 1.